The van der Waals surface area contributed by atoms with Crippen LogP contribution in [0.4, 0.5) is 22.7 Å². The number of nitro benzene ring substituents is 3. The van der Waals surface area contributed by atoms with Gasteiger partial charge in [-0.15, -0.1) is 0 Å². The summed E-state index contributed by atoms with van der Waals surface area (Å²) in [4.78, 5) is 61.3. The maximum absolute atomic E-state index is 13.0. The molecule has 4 rings (SSSR count). The Morgan fingerprint density at radius 2 is 1.62 bits per heavy atom. The van der Waals surface area contributed by atoms with Gasteiger partial charge in [-0.3, -0.25) is 35.1 Å². The Labute approximate surface area is 207 Å². The third kappa shape index (κ3) is 4.42. The van der Waals surface area contributed by atoms with E-state index in [2.05, 4.69) is 4.90 Å². The number of nitrogens with zero attached hydrogens (tertiary/aromatic N) is 6. The number of hydrogen-bond acceptors (Lipinski definition) is 10. The minimum absolute atomic E-state index is 0.0286. The fourth-order valence-corrected chi connectivity index (χ4v) is 4.34. The van der Waals surface area contributed by atoms with Crippen molar-refractivity contribution in [3.05, 3.63) is 82.7 Å². The first-order chi connectivity index (χ1) is 17.4. The normalized spacial score (nSPS) is 16.1. The van der Waals surface area contributed by atoms with E-state index in [1.165, 1.54) is 6.07 Å². The first-order valence-corrected chi connectivity index (χ1v) is 10.9. The number of non-ortho nitro benzene ring substituents is 1. The Morgan fingerprint density at radius 1 is 0.973 bits per heavy atom. The molecule has 0 radical (unpaired) electrons. The third-order valence-electron chi connectivity index (χ3n) is 6.45. The number of fused-ring (bicyclic) bond motifs is 1. The molecule has 192 valence electrons. The topological polar surface area (TPSA) is 195 Å². The second kappa shape index (κ2) is 9.27. The number of carboxylic acid groups (broad SMARTS) is 1. The summed E-state index contributed by atoms with van der Waals surface area (Å²) >= 11 is 0. The molecule has 0 amide bonds. The number of aromatic nitrogens is 1. The molecule has 0 bridgehead atoms. The van der Waals surface area contributed by atoms with Crippen LogP contribution >= 0.6 is 0 Å². The Bertz CT molecular complexity index is 1550. The van der Waals surface area contributed by atoms with Gasteiger partial charge in [-0.1, -0.05) is 0 Å². The number of pyridine rings is 1. The standard InChI is InChI=1S/C22H20N6O9/c1-12-10-24(6-5-23(12)2)18-9-17-14(8-20(18)28(36)37)21(29)15(22(30)31)11-25(17)16-4-3-13(26(32)33)7-19(16)27(34)35/h3-4,7-9,11-12H,5-6,10H2,1-2H3,(H,30,31)/t12-/m0/s1. The van der Waals surface area contributed by atoms with Gasteiger partial charge in [-0.2, -0.15) is 0 Å². The molecule has 0 spiro atoms. The maximum atomic E-state index is 13.0. The van der Waals surface area contributed by atoms with Crippen molar-refractivity contribution < 1.29 is 24.7 Å². The first kappa shape index (κ1) is 25.2. The zero-order chi connectivity index (χ0) is 27.2. The van der Waals surface area contributed by atoms with Gasteiger partial charge in [-0.05, 0) is 26.1 Å². The number of hydrogen-bond donors (Lipinski definition) is 1. The summed E-state index contributed by atoms with van der Waals surface area (Å²) in [7, 11) is 1.91. The van der Waals surface area contributed by atoms with Crippen LogP contribution in [0.25, 0.3) is 16.6 Å². The van der Waals surface area contributed by atoms with E-state index in [9.17, 15) is 45.0 Å². The van der Waals surface area contributed by atoms with Crippen molar-refractivity contribution in [2.75, 3.05) is 31.6 Å². The molecule has 1 atom stereocenters. The van der Waals surface area contributed by atoms with Crippen LogP contribution in [0.5, 0.6) is 0 Å². The zero-order valence-corrected chi connectivity index (χ0v) is 19.6. The monoisotopic (exact) mass is 512 g/mol. The predicted octanol–water partition coefficient (Wildman–Crippen LogP) is 2.55. The summed E-state index contributed by atoms with van der Waals surface area (Å²) in [5, 5.41) is 44.2. The van der Waals surface area contributed by atoms with Crippen LogP contribution in [0.2, 0.25) is 0 Å². The van der Waals surface area contributed by atoms with E-state index < -0.39 is 48.8 Å². The van der Waals surface area contributed by atoms with Crippen LogP contribution in [0.1, 0.15) is 17.3 Å². The average molecular weight is 512 g/mol. The van der Waals surface area contributed by atoms with E-state index in [-0.39, 0.29) is 28.3 Å². The fraction of sp³-hybridized carbons (Fsp3) is 0.273. The highest BCUT2D eigenvalue weighted by Gasteiger charge is 2.30. The lowest BCUT2D eigenvalue weighted by Gasteiger charge is -2.38. The molecule has 0 aliphatic carbocycles. The van der Waals surface area contributed by atoms with Crippen LogP contribution in [0.3, 0.4) is 0 Å². The average Bonchev–Trinajstić information content (AvgIpc) is 2.84. The van der Waals surface area contributed by atoms with Crippen LogP contribution < -0.4 is 10.3 Å². The first-order valence-electron chi connectivity index (χ1n) is 10.9. The van der Waals surface area contributed by atoms with E-state index >= 15 is 0 Å². The molecule has 1 aliphatic rings. The summed E-state index contributed by atoms with van der Waals surface area (Å²) in [6.07, 6.45) is 0.878. The molecule has 0 unspecified atom stereocenters. The predicted molar refractivity (Wildman–Crippen MR) is 131 cm³/mol. The lowest BCUT2D eigenvalue weighted by atomic mass is 10.1. The largest absolute Gasteiger partial charge is 0.477 e. The number of anilines is 1. The van der Waals surface area contributed by atoms with Crippen molar-refractivity contribution in [1.29, 1.82) is 0 Å². The fourth-order valence-electron chi connectivity index (χ4n) is 4.34. The van der Waals surface area contributed by atoms with Gasteiger partial charge in [0.2, 0.25) is 5.43 Å². The number of carbonyl (C=O) groups is 1. The van der Waals surface area contributed by atoms with Crippen molar-refractivity contribution in [3.63, 3.8) is 0 Å². The van der Waals surface area contributed by atoms with Crippen molar-refractivity contribution in [2.45, 2.75) is 13.0 Å². The summed E-state index contributed by atoms with van der Waals surface area (Å²) in [6.45, 7) is 3.36. The van der Waals surface area contributed by atoms with Gasteiger partial charge in [0.25, 0.3) is 17.1 Å². The van der Waals surface area contributed by atoms with Gasteiger partial charge in [0.05, 0.1) is 31.7 Å². The second-order valence-electron chi connectivity index (χ2n) is 8.63. The lowest BCUT2D eigenvalue weighted by molar-refractivity contribution is -0.394. The van der Waals surface area contributed by atoms with Crippen LogP contribution in [-0.4, -0.2) is 68.0 Å². The molecular formula is C22H20N6O9. The number of likely N-dealkylation sites (N-methyl/N-ethyl adjacent to an activating group) is 1. The second-order valence-corrected chi connectivity index (χ2v) is 8.63. The maximum Gasteiger partial charge on any atom is 0.341 e. The van der Waals surface area contributed by atoms with Crippen LogP contribution in [0, 0.1) is 30.3 Å². The smallest absolute Gasteiger partial charge is 0.341 e. The van der Waals surface area contributed by atoms with Gasteiger partial charge >= 0.3 is 5.97 Å². The zero-order valence-electron chi connectivity index (χ0n) is 19.6. The summed E-state index contributed by atoms with van der Waals surface area (Å²) in [5.41, 5.74) is -3.63. The Balaban J connectivity index is 2.10. The highest BCUT2D eigenvalue weighted by Crippen LogP contribution is 2.36. The summed E-state index contributed by atoms with van der Waals surface area (Å²) in [5.74, 6) is -1.65. The third-order valence-corrected chi connectivity index (χ3v) is 6.45. The minimum atomic E-state index is -1.65. The number of rotatable bonds is 6. The van der Waals surface area contributed by atoms with Gasteiger partial charge in [0.15, 0.2) is 0 Å². The summed E-state index contributed by atoms with van der Waals surface area (Å²) in [6, 6.07) is 5.11. The van der Waals surface area contributed by atoms with E-state index in [0.717, 1.165) is 29.0 Å². The Hall–Kier alpha value is -4.92. The Morgan fingerprint density at radius 3 is 2.19 bits per heavy atom. The number of nitro groups is 3. The molecule has 1 aliphatic heterocycles. The van der Waals surface area contributed by atoms with Crippen LogP contribution in [0.15, 0.2) is 41.3 Å². The molecule has 1 fully saturated rings. The molecule has 0 saturated carbocycles. The van der Waals surface area contributed by atoms with Crippen molar-refractivity contribution in [1.82, 2.24) is 9.47 Å². The highest BCUT2D eigenvalue weighted by molar-refractivity contribution is 5.96. The molecule has 15 heteroatoms. The van der Waals surface area contributed by atoms with E-state index in [0.29, 0.717) is 25.7 Å². The van der Waals surface area contributed by atoms with Crippen molar-refractivity contribution >= 4 is 39.6 Å². The molecule has 2 aromatic carbocycles. The number of benzene rings is 2. The van der Waals surface area contributed by atoms with Gasteiger partial charge < -0.3 is 19.5 Å². The van der Waals surface area contributed by atoms with Gasteiger partial charge in [0.1, 0.15) is 16.9 Å². The lowest BCUT2D eigenvalue weighted by Crippen LogP contribution is -2.50. The number of aromatic carboxylic acids is 1. The Kier molecular flexibility index (Phi) is 6.31. The molecule has 37 heavy (non-hydrogen) atoms. The van der Waals surface area contributed by atoms with Gasteiger partial charge in [-0.25, -0.2) is 4.79 Å². The van der Waals surface area contributed by atoms with E-state index in [4.69, 9.17) is 0 Å². The molecule has 3 aromatic rings. The quantitative estimate of drug-likeness (QED) is 0.376. The summed E-state index contributed by atoms with van der Waals surface area (Å²) < 4.78 is 1.05. The molecule has 1 N–H and O–H groups in total. The van der Waals surface area contributed by atoms with Crippen LogP contribution in [-0.2, 0) is 0 Å². The molecular weight excluding hydrogens is 492 g/mol. The molecule has 2 heterocycles. The highest BCUT2D eigenvalue weighted by atomic mass is 16.6. The van der Waals surface area contributed by atoms with Crippen molar-refractivity contribution in [3.8, 4) is 5.69 Å². The molecule has 15 nitrogen and oxygen atoms in total. The SMILES string of the molecule is C[C@H]1CN(c2cc3c(cc2[N+](=O)[O-])c(=O)c(C(=O)O)cn3-c2ccc([N+](=O)[O-])cc2[N+](=O)[O-])CCN1C. The number of piperazine rings is 1. The van der Waals surface area contributed by atoms with E-state index in [1.54, 1.807) is 4.90 Å². The molecule has 1 aromatic heterocycles. The van der Waals surface area contributed by atoms with Gasteiger partial charge in [0, 0.05) is 44.0 Å². The van der Waals surface area contributed by atoms with E-state index in [1.807, 2.05) is 14.0 Å². The number of carboxylic acids is 1. The minimum Gasteiger partial charge on any atom is -0.477 e. The molecule has 1 saturated heterocycles. The van der Waals surface area contributed by atoms with Crippen molar-refractivity contribution in [2.24, 2.45) is 0 Å².